The van der Waals surface area contributed by atoms with Gasteiger partial charge in [-0.2, -0.15) is 0 Å². The van der Waals surface area contributed by atoms with Gasteiger partial charge in [0.05, 0.1) is 18.8 Å². The number of aliphatic hydroxyl groups excluding tert-OH is 2. The van der Waals surface area contributed by atoms with Crippen LogP contribution >= 0.6 is 0 Å². The van der Waals surface area contributed by atoms with E-state index in [9.17, 15) is 19.8 Å². The minimum absolute atomic E-state index is 0.00396. The van der Waals surface area contributed by atoms with E-state index >= 15 is 0 Å². The van der Waals surface area contributed by atoms with E-state index in [1.165, 1.54) is 0 Å². The molecule has 162 valence electrons. The highest BCUT2D eigenvalue weighted by molar-refractivity contribution is 5.89. The average Bonchev–Trinajstić information content (AvgIpc) is 2.76. The van der Waals surface area contributed by atoms with E-state index in [1.54, 1.807) is 0 Å². The monoisotopic (exact) mass is 417 g/mol. The molecule has 2 rings (SSSR count). The van der Waals surface area contributed by atoms with Crippen LogP contribution in [0.1, 0.15) is 18.6 Å². The van der Waals surface area contributed by atoms with E-state index in [-0.39, 0.29) is 12.6 Å². The number of carbonyl (C=O) groups is 2. The lowest BCUT2D eigenvalue weighted by Crippen LogP contribution is -2.45. The topological polar surface area (TPSA) is 136 Å². The molecule has 3 unspecified atom stereocenters. The van der Waals surface area contributed by atoms with Crippen LogP contribution < -0.4 is 10.1 Å². The molecule has 30 heavy (non-hydrogen) atoms. The fourth-order valence-electron chi connectivity index (χ4n) is 2.42. The molecule has 0 aliphatic heterocycles. The van der Waals surface area contributed by atoms with E-state index < -0.39 is 24.1 Å². The van der Waals surface area contributed by atoms with Crippen LogP contribution in [0.2, 0.25) is 0 Å². The number of rotatable bonds is 10. The third kappa shape index (κ3) is 10.4. The zero-order valence-electron chi connectivity index (χ0n) is 16.6. The molecular weight excluding hydrogens is 390 g/mol. The van der Waals surface area contributed by atoms with Gasteiger partial charge in [-0.15, -0.1) is 0 Å². The zero-order chi connectivity index (χ0) is 22.4. The summed E-state index contributed by atoms with van der Waals surface area (Å²) in [6.07, 6.45) is 0.357. The maximum absolute atomic E-state index is 10.4. The number of carboxylic acids is 2. The predicted molar refractivity (Wildman–Crippen MR) is 111 cm³/mol. The maximum Gasteiger partial charge on any atom is 0.328 e. The first kappa shape index (κ1) is 24.8. The van der Waals surface area contributed by atoms with Crippen LogP contribution in [0.15, 0.2) is 72.8 Å². The van der Waals surface area contributed by atoms with E-state index in [2.05, 4.69) is 5.32 Å². The highest BCUT2D eigenvalue weighted by Gasteiger charge is 2.21. The largest absolute Gasteiger partial charge is 0.492 e. The quantitative estimate of drug-likeness (QED) is 0.370. The molecule has 8 heteroatoms. The van der Waals surface area contributed by atoms with Gasteiger partial charge in [0, 0.05) is 18.2 Å². The first-order valence-electron chi connectivity index (χ1n) is 9.25. The van der Waals surface area contributed by atoms with E-state index in [1.807, 2.05) is 67.6 Å². The third-order valence-electron chi connectivity index (χ3n) is 3.83. The molecule has 0 bridgehead atoms. The number of hydrogen-bond donors (Lipinski definition) is 5. The number of ether oxygens (including phenoxy) is 1. The van der Waals surface area contributed by atoms with Gasteiger partial charge in [-0.25, -0.2) is 9.59 Å². The molecule has 2 aromatic carbocycles. The summed E-state index contributed by atoms with van der Waals surface area (Å²) >= 11 is 0. The molecule has 0 saturated carbocycles. The van der Waals surface area contributed by atoms with E-state index in [4.69, 9.17) is 14.9 Å². The first-order chi connectivity index (χ1) is 14.3. The summed E-state index contributed by atoms with van der Waals surface area (Å²) in [6.45, 7) is 2.27. The predicted octanol–water partition coefficient (Wildman–Crippen LogP) is 1.85. The van der Waals surface area contributed by atoms with Crippen molar-refractivity contribution < 1.29 is 34.8 Å². The lowest BCUT2D eigenvalue weighted by molar-refractivity contribution is -0.134. The Balaban J connectivity index is 0.000000479. The molecule has 3 atom stereocenters. The van der Waals surface area contributed by atoms with Gasteiger partial charge in [0.25, 0.3) is 0 Å². The van der Waals surface area contributed by atoms with Crippen molar-refractivity contribution in [3.8, 4) is 5.75 Å². The lowest BCUT2D eigenvalue weighted by Gasteiger charge is -2.26. The molecule has 0 radical (unpaired) electrons. The van der Waals surface area contributed by atoms with Gasteiger partial charge >= 0.3 is 11.9 Å². The molecule has 0 spiro atoms. The van der Waals surface area contributed by atoms with Crippen LogP contribution in [0.5, 0.6) is 5.75 Å². The Morgan fingerprint density at radius 1 is 0.967 bits per heavy atom. The molecule has 0 aliphatic carbocycles. The van der Waals surface area contributed by atoms with Crippen LogP contribution in [0.4, 0.5) is 0 Å². The Morgan fingerprint density at radius 3 is 1.93 bits per heavy atom. The Morgan fingerprint density at radius 2 is 1.47 bits per heavy atom. The van der Waals surface area contributed by atoms with Crippen LogP contribution in [-0.2, 0) is 9.59 Å². The summed E-state index contributed by atoms with van der Waals surface area (Å²) < 4.78 is 5.67. The second kappa shape index (κ2) is 13.9. The van der Waals surface area contributed by atoms with Crippen LogP contribution in [-0.4, -0.2) is 57.7 Å². The fourth-order valence-corrected chi connectivity index (χ4v) is 2.42. The standard InChI is InChI=1S/C18H23NO3.C4H4O4/c1-14(13-22-16-10-6-3-7-11-16)19-17(12-20)18(21)15-8-4-2-5-9-15;5-3(6)1-2-4(7)8/h2-11,14,17-21H,12-13H2,1H3;1-2H,(H,5,6)(H,7,8)/b;2-1+. The van der Waals surface area contributed by atoms with Crippen molar-refractivity contribution in [2.24, 2.45) is 0 Å². The van der Waals surface area contributed by atoms with Crippen molar-refractivity contribution in [2.75, 3.05) is 13.2 Å². The van der Waals surface area contributed by atoms with E-state index in [0.717, 1.165) is 11.3 Å². The summed E-state index contributed by atoms with van der Waals surface area (Å²) in [6, 6.07) is 18.5. The number of aliphatic hydroxyl groups is 2. The zero-order valence-corrected chi connectivity index (χ0v) is 16.6. The molecule has 0 aliphatic rings. The molecule has 0 heterocycles. The van der Waals surface area contributed by atoms with Crippen molar-refractivity contribution in [3.63, 3.8) is 0 Å². The normalized spacial score (nSPS) is 13.6. The number of benzene rings is 2. The Hall–Kier alpha value is -3.20. The van der Waals surface area contributed by atoms with Gasteiger partial charge in [-0.3, -0.25) is 0 Å². The molecule has 0 amide bonds. The summed E-state index contributed by atoms with van der Waals surface area (Å²) in [4.78, 5) is 19.1. The van der Waals surface area contributed by atoms with Crippen LogP contribution in [0.3, 0.4) is 0 Å². The first-order valence-corrected chi connectivity index (χ1v) is 9.25. The number of aliphatic carboxylic acids is 2. The molecular formula is C22H27NO7. The molecule has 8 nitrogen and oxygen atoms in total. The Bertz CT molecular complexity index is 765. The molecule has 0 saturated heterocycles. The summed E-state index contributed by atoms with van der Waals surface area (Å²) in [7, 11) is 0. The Labute approximate surface area is 175 Å². The molecule has 0 aromatic heterocycles. The van der Waals surface area contributed by atoms with Gasteiger partial charge in [0.2, 0.25) is 0 Å². The second-order valence-electron chi connectivity index (χ2n) is 6.35. The van der Waals surface area contributed by atoms with Gasteiger partial charge in [0.15, 0.2) is 0 Å². The van der Waals surface area contributed by atoms with Crippen LogP contribution in [0, 0.1) is 0 Å². The van der Waals surface area contributed by atoms with Crippen molar-refractivity contribution in [3.05, 3.63) is 78.4 Å². The smallest absolute Gasteiger partial charge is 0.328 e. The Kier molecular flexibility index (Phi) is 11.5. The highest BCUT2D eigenvalue weighted by atomic mass is 16.5. The van der Waals surface area contributed by atoms with Crippen molar-refractivity contribution in [1.29, 1.82) is 0 Å². The van der Waals surface area contributed by atoms with Crippen LogP contribution in [0.25, 0.3) is 0 Å². The van der Waals surface area contributed by atoms with Crippen molar-refractivity contribution >= 4 is 11.9 Å². The maximum atomic E-state index is 10.4. The van der Waals surface area contributed by atoms with Gasteiger partial charge in [-0.05, 0) is 24.6 Å². The third-order valence-corrected chi connectivity index (χ3v) is 3.83. The fraction of sp³-hybridized carbons (Fsp3) is 0.273. The minimum Gasteiger partial charge on any atom is -0.492 e. The molecule has 5 N–H and O–H groups in total. The molecule has 2 aromatic rings. The summed E-state index contributed by atoms with van der Waals surface area (Å²) in [5.41, 5.74) is 0.783. The highest BCUT2D eigenvalue weighted by Crippen LogP contribution is 2.17. The number of hydrogen-bond acceptors (Lipinski definition) is 6. The van der Waals surface area contributed by atoms with Crippen molar-refractivity contribution in [1.82, 2.24) is 5.32 Å². The second-order valence-corrected chi connectivity index (χ2v) is 6.35. The average molecular weight is 417 g/mol. The minimum atomic E-state index is -1.26. The van der Waals surface area contributed by atoms with E-state index in [0.29, 0.717) is 18.8 Å². The summed E-state index contributed by atoms with van der Waals surface area (Å²) in [5, 5.41) is 38.7. The van der Waals surface area contributed by atoms with Gasteiger partial charge < -0.3 is 30.5 Å². The van der Waals surface area contributed by atoms with Crippen molar-refractivity contribution in [2.45, 2.75) is 25.1 Å². The SMILES string of the molecule is CC(COc1ccccc1)NC(CO)C(O)c1ccccc1.O=C(O)/C=C/C(=O)O. The molecule has 0 fully saturated rings. The number of para-hydroxylation sites is 1. The van der Waals surface area contributed by atoms with Gasteiger partial charge in [0.1, 0.15) is 12.4 Å². The summed E-state index contributed by atoms with van der Waals surface area (Å²) in [5.74, 6) is -1.71. The number of nitrogens with one attached hydrogen (secondary N) is 1. The van der Waals surface area contributed by atoms with Gasteiger partial charge in [-0.1, -0.05) is 48.5 Å². The number of carboxylic acid groups (broad SMARTS) is 2. The lowest BCUT2D eigenvalue weighted by atomic mass is 10.0.